The molecule has 132 valence electrons. The summed E-state index contributed by atoms with van der Waals surface area (Å²) in [4.78, 5) is 16.6. The van der Waals surface area contributed by atoms with Gasteiger partial charge >= 0.3 is 6.09 Å². The summed E-state index contributed by atoms with van der Waals surface area (Å²) in [6, 6.07) is 9.64. The molecule has 3 rings (SSSR count). The van der Waals surface area contributed by atoms with Crippen molar-refractivity contribution in [3.63, 3.8) is 0 Å². The van der Waals surface area contributed by atoms with E-state index in [9.17, 15) is 9.18 Å². The van der Waals surface area contributed by atoms with Gasteiger partial charge in [0.05, 0.1) is 0 Å². The molecule has 1 unspecified atom stereocenters. The number of carboxylic acid groups (broad SMARTS) is 1. The van der Waals surface area contributed by atoms with Gasteiger partial charge in [-0.15, -0.1) is 0 Å². The van der Waals surface area contributed by atoms with Gasteiger partial charge in [-0.1, -0.05) is 23.7 Å². The van der Waals surface area contributed by atoms with E-state index in [0.29, 0.717) is 35.4 Å². The zero-order chi connectivity index (χ0) is 17.8. The SMILES string of the molecule is O=C(O)N1CCC(Nc2cccc(OCc3ccc(Cl)cc3F)n2)C1. The number of ether oxygens (including phenoxy) is 1. The third kappa shape index (κ3) is 4.51. The molecule has 1 aliphatic rings. The molecule has 0 saturated carbocycles. The first kappa shape index (κ1) is 17.3. The Kier molecular flexibility index (Phi) is 5.23. The maximum absolute atomic E-state index is 13.8. The number of halogens is 2. The summed E-state index contributed by atoms with van der Waals surface area (Å²) in [5, 5.41) is 12.5. The minimum atomic E-state index is -0.917. The third-order valence-corrected chi connectivity index (χ3v) is 4.16. The summed E-state index contributed by atoms with van der Waals surface area (Å²) < 4.78 is 19.3. The van der Waals surface area contributed by atoms with E-state index in [2.05, 4.69) is 10.3 Å². The van der Waals surface area contributed by atoms with Gasteiger partial charge < -0.3 is 20.1 Å². The van der Waals surface area contributed by atoms with Crippen molar-refractivity contribution < 1.29 is 19.0 Å². The second kappa shape index (κ2) is 7.57. The molecule has 8 heteroatoms. The Morgan fingerprint density at radius 3 is 3.00 bits per heavy atom. The zero-order valence-corrected chi connectivity index (χ0v) is 14.0. The molecule has 1 saturated heterocycles. The molecule has 1 fully saturated rings. The second-order valence-corrected chi connectivity index (χ2v) is 6.18. The number of pyridine rings is 1. The standard InChI is InChI=1S/C17H17ClFN3O3/c18-12-5-4-11(14(19)8-12)10-25-16-3-1-2-15(21-16)20-13-6-7-22(9-13)17(23)24/h1-5,8,13H,6-7,9-10H2,(H,20,21)(H,23,24). The predicted octanol–water partition coefficient (Wildman–Crippen LogP) is 3.62. The molecule has 25 heavy (non-hydrogen) atoms. The number of likely N-dealkylation sites (tertiary alicyclic amines) is 1. The predicted molar refractivity (Wildman–Crippen MR) is 91.6 cm³/mol. The minimum absolute atomic E-state index is 0.00700. The molecule has 2 aromatic rings. The van der Waals surface area contributed by atoms with Gasteiger partial charge in [0.2, 0.25) is 5.88 Å². The van der Waals surface area contributed by atoms with Crippen molar-refractivity contribution in [1.29, 1.82) is 0 Å². The molecule has 0 spiro atoms. The van der Waals surface area contributed by atoms with Crippen molar-refractivity contribution >= 4 is 23.5 Å². The van der Waals surface area contributed by atoms with Crippen molar-refractivity contribution in [3.8, 4) is 5.88 Å². The Morgan fingerprint density at radius 2 is 2.28 bits per heavy atom. The number of hydrogen-bond acceptors (Lipinski definition) is 4. The Morgan fingerprint density at radius 1 is 1.44 bits per heavy atom. The summed E-state index contributed by atoms with van der Waals surface area (Å²) in [7, 11) is 0. The van der Waals surface area contributed by atoms with Crippen molar-refractivity contribution in [2.45, 2.75) is 19.1 Å². The highest BCUT2D eigenvalue weighted by Gasteiger charge is 2.25. The van der Waals surface area contributed by atoms with Gasteiger partial charge in [0.1, 0.15) is 18.2 Å². The molecule has 2 N–H and O–H groups in total. The first-order valence-electron chi connectivity index (χ1n) is 7.79. The Balaban J connectivity index is 1.59. The number of hydrogen-bond donors (Lipinski definition) is 2. The van der Waals surface area contributed by atoms with Crippen LogP contribution in [0.5, 0.6) is 5.88 Å². The van der Waals surface area contributed by atoms with E-state index in [-0.39, 0.29) is 12.6 Å². The molecule has 6 nitrogen and oxygen atoms in total. The van der Waals surface area contributed by atoms with Crippen LogP contribution in [0, 0.1) is 5.82 Å². The van der Waals surface area contributed by atoms with Gasteiger partial charge in [-0.05, 0) is 24.6 Å². The topological polar surface area (TPSA) is 74.7 Å². The summed E-state index contributed by atoms with van der Waals surface area (Å²) >= 11 is 5.72. The van der Waals surface area contributed by atoms with Crippen LogP contribution < -0.4 is 10.1 Å². The summed E-state index contributed by atoms with van der Waals surface area (Å²) in [6.45, 7) is 0.951. The number of nitrogens with one attached hydrogen (secondary N) is 1. The number of aromatic nitrogens is 1. The van der Waals surface area contributed by atoms with Crippen LogP contribution in [0.1, 0.15) is 12.0 Å². The van der Waals surface area contributed by atoms with E-state index in [1.165, 1.54) is 11.0 Å². The molecule has 2 heterocycles. The van der Waals surface area contributed by atoms with Gasteiger partial charge in [0, 0.05) is 35.8 Å². The van der Waals surface area contributed by atoms with Gasteiger partial charge in [-0.2, -0.15) is 4.98 Å². The Labute approximate surface area is 149 Å². The molecule has 1 aliphatic heterocycles. The summed E-state index contributed by atoms with van der Waals surface area (Å²) in [5.74, 6) is 0.514. The highest BCUT2D eigenvalue weighted by Crippen LogP contribution is 2.19. The van der Waals surface area contributed by atoms with Crippen LogP contribution in [0.2, 0.25) is 5.02 Å². The van der Waals surface area contributed by atoms with E-state index in [1.54, 1.807) is 30.3 Å². The Hall–Kier alpha value is -2.54. The molecular formula is C17H17ClFN3O3. The maximum Gasteiger partial charge on any atom is 0.407 e. The van der Waals surface area contributed by atoms with Crippen molar-refractivity contribution in [2.75, 3.05) is 18.4 Å². The summed E-state index contributed by atoms with van der Waals surface area (Å²) in [5.41, 5.74) is 0.387. The van der Waals surface area contributed by atoms with E-state index in [1.807, 2.05) is 0 Å². The number of amides is 1. The van der Waals surface area contributed by atoms with E-state index in [4.69, 9.17) is 21.4 Å². The van der Waals surface area contributed by atoms with Crippen molar-refractivity contribution in [3.05, 3.63) is 52.8 Å². The number of anilines is 1. The first-order chi connectivity index (χ1) is 12.0. The lowest BCUT2D eigenvalue weighted by Crippen LogP contribution is -2.30. The zero-order valence-electron chi connectivity index (χ0n) is 13.3. The summed E-state index contributed by atoms with van der Waals surface area (Å²) in [6.07, 6.45) is -0.200. The number of rotatable bonds is 5. The van der Waals surface area contributed by atoms with Crippen LogP contribution in [0.15, 0.2) is 36.4 Å². The van der Waals surface area contributed by atoms with E-state index < -0.39 is 11.9 Å². The second-order valence-electron chi connectivity index (χ2n) is 5.74. The Bertz CT molecular complexity index is 775. The van der Waals surface area contributed by atoms with Gasteiger partial charge in [-0.25, -0.2) is 9.18 Å². The average molecular weight is 366 g/mol. The van der Waals surface area contributed by atoms with Crippen molar-refractivity contribution in [1.82, 2.24) is 9.88 Å². The first-order valence-corrected chi connectivity index (χ1v) is 8.17. The van der Waals surface area contributed by atoms with Crippen LogP contribution in [0.4, 0.5) is 15.0 Å². The highest BCUT2D eigenvalue weighted by atomic mass is 35.5. The molecular weight excluding hydrogens is 349 g/mol. The van der Waals surface area contributed by atoms with Crippen LogP contribution in [-0.4, -0.2) is 40.2 Å². The molecule has 1 aromatic heterocycles. The lowest BCUT2D eigenvalue weighted by Gasteiger charge is -2.15. The van der Waals surface area contributed by atoms with Gasteiger partial charge in [0.25, 0.3) is 0 Å². The normalized spacial score (nSPS) is 16.7. The largest absolute Gasteiger partial charge is 0.473 e. The van der Waals surface area contributed by atoms with Gasteiger partial charge in [0.15, 0.2) is 0 Å². The van der Waals surface area contributed by atoms with Crippen LogP contribution in [0.25, 0.3) is 0 Å². The fourth-order valence-corrected chi connectivity index (χ4v) is 2.79. The van der Waals surface area contributed by atoms with Crippen LogP contribution >= 0.6 is 11.6 Å². The maximum atomic E-state index is 13.8. The highest BCUT2D eigenvalue weighted by molar-refractivity contribution is 6.30. The molecule has 1 atom stereocenters. The fourth-order valence-electron chi connectivity index (χ4n) is 2.63. The molecule has 0 aliphatic carbocycles. The smallest absolute Gasteiger partial charge is 0.407 e. The van der Waals surface area contributed by atoms with E-state index >= 15 is 0 Å². The average Bonchev–Trinajstić information content (AvgIpc) is 3.03. The van der Waals surface area contributed by atoms with Gasteiger partial charge in [-0.3, -0.25) is 0 Å². The number of nitrogens with zero attached hydrogens (tertiary/aromatic N) is 2. The lowest BCUT2D eigenvalue weighted by atomic mass is 10.2. The quantitative estimate of drug-likeness (QED) is 0.846. The minimum Gasteiger partial charge on any atom is -0.473 e. The monoisotopic (exact) mass is 365 g/mol. The fraction of sp³-hybridized carbons (Fsp3) is 0.294. The molecule has 1 amide bonds. The van der Waals surface area contributed by atoms with Crippen LogP contribution in [0.3, 0.4) is 0 Å². The molecule has 1 aromatic carbocycles. The van der Waals surface area contributed by atoms with Crippen molar-refractivity contribution in [2.24, 2.45) is 0 Å². The number of carbonyl (C=O) groups is 1. The molecule has 0 bridgehead atoms. The third-order valence-electron chi connectivity index (χ3n) is 3.92. The molecule has 0 radical (unpaired) electrons. The number of benzene rings is 1. The van der Waals surface area contributed by atoms with E-state index in [0.717, 1.165) is 6.42 Å². The van der Waals surface area contributed by atoms with Crippen LogP contribution in [-0.2, 0) is 6.61 Å². The lowest BCUT2D eigenvalue weighted by molar-refractivity contribution is 0.155.